The molecule has 130 valence electrons. The second kappa shape index (κ2) is 6.31. The molecule has 1 N–H and O–H groups in total. The maximum absolute atomic E-state index is 4.69. The van der Waals surface area contributed by atoms with Crippen LogP contribution < -0.4 is 10.2 Å². The molecule has 4 rings (SSSR count). The Kier molecular flexibility index (Phi) is 3.99. The standard InChI is InChI=1S/C18H23N7/c1-12-4-6-19-16(8-12)20-9-14-5-7-25(11-14)18-15-10-21-24(3)17(15)22-13(2)23-18/h4,6,8,10,14H,5,7,9,11H2,1-3H3,(H,19,20). The monoisotopic (exact) mass is 337 g/mol. The van der Waals surface area contributed by atoms with E-state index in [0.717, 1.165) is 54.5 Å². The van der Waals surface area contributed by atoms with Gasteiger partial charge in [-0.15, -0.1) is 0 Å². The van der Waals surface area contributed by atoms with Crippen LogP contribution in [-0.2, 0) is 7.05 Å². The van der Waals surface area contributed by atoms with Crippen molar-refractivity contribution in [3.05, 3.63) is 35.9 Å². The number of pyridine rings is 1. The number of rotatable bonds is 4. The molecule has 1 atom stereocenters. The summed E-state index contributed by atoms with van der Waals surface area (Å²) < 4.78 is 1.81. The van der Waals surface area contributed by atoms with Crippen LogP contribution in [0, 0.1) is 19.8 Å². The van der Waals surface area contributed by atoms with Gasteiger partial charge in [-0.2, -0.15) is 5.10 Å². The fraction of sp³-hybridized carbons (Fsp3) is 0.444. The predicted octanol–water partition coefficient (Wildman–Crippen LogP) is 2.31. The molecule has 0 amide bonds. The minimum absolute atomic E-state index is 0.573. The van der Waals surface area contributed by atoms with E-state index in [1.165, 1.54) is 5.56 Å². The topological polar surface area (TPSA) is 71.8 Å². The molecule has 7 nitrogen and oxygen atoms in total. The van der Waals surface area contributed by atoms with Crippen LogP contribution in [0.1, 0.15) is 17.8 Å². The fourth-order valence-electron chi connectivity index (χ4n) is 3.43. The maximum Gasteiger partial charge on any atom is 0.163 e. The van der Waals surface area contributed by atoms with Crippen LogP contribution in [0.5, 0.6) is 0 Å². The zero-order valence-corrected chi connectivity index (χ0v) is 14.9. The summed E-state index contributed by atoms with van der Waals surface area (Å²) >= 11 is 0. The highest BCUT2D eigenvalue weighted by atomic mass is 15.3. The number of hydrogen-bond donors (Lipinski definition) is 1. The molecule has 3 aromatic rings. The van der Waals surface area contributed by atoms with Gasteiger partial charge in [-0.3, -0.25) is 4.68 Å². The van der Waals surface area contributed by atoms with Crippen LogP contribution in [-0.4, -0.2) is 44.4 Å². The summed E-state index contributed by atoms with van der Waals surface area (Å²) in [6.45, 7) is 6.94. The first kappa shape index (κ1) is 15.8. The molecule has 0 spiro atoms. The molecule has 7 heteroatoms. The Bertz CT molecular complexity index is 902. The van der Waals surface area contributed by atoms with Crippen LogP contribution in [0.25, 0.3) is 11.0 Å². The molecule has 4 heterocycles. The lowest BCUT2D eigenvalue weighted by atomic mass is 10.1. The van der Waals surface area contributed by atoms with Crippen molar-refractivity contribution in [3.8, 4) is 0 Å². The van der Waals surface area contributed by atoms with E-state index in [4.69, 9.17) is 0 Å². The van der Waals surface area contributed by atoms with Gasteiger partial charge in [0.2, 0.25) is 0 Å². The van der Waals surface area contributed by atoms with E-state index in [-0.39, 0.29) is 0 Å². The van der Waals surface area contributed by atoms with Gasteiger partial charge in [0.15, 0.2) is 5.65 Å². The Balaban J connectivity index is 1.47. The van der Waals surface area contributed by atoms with Gasteiger partial charge in [0.1, 0.15) is 17.5 Å². The molecule has 1 unspecified atom stereocenters. The van der Waals surface area contributed by atoms with Crippen LogP contribution in [0.2, 0.25) is 0 Å². The molecular formula is C18H23N7. The van der Waals surface area contributed by atoms with E-state index in [1.807, 2.05) is 37.1 Å². The number of aromatic nitrogens is 5. The molecule has 3 aromatic heterocycles. The Morgan fingerprint density at radius 3 is 3.00 bits per heavy atom. The average Bonchev–Trinajstić information content (AvgIpc) is 3.20. The average molecular weight is 337 g/mol. The highest BCUT2D eigenvalue weighted by molar-refractivity contribution is 5.87. The molecule has 1 fully saturated rings. The van der Waals surface area contributed by atoms with Crippen molar-refractivity contribution in [2.45, 2.75) is 20.3 Å². The van der Waals surface area contributed by atoms with E-state index < -0.39 is 0 Å². The van der Waals surface area contributed by atoms with Crippen LogP contribution in [0.15, 0.2) is 24.5 Å². The Hall–Kier alpha value is -2.70. The molecule has 0 bridgehead atoms. The predicted molar refractivity (Wildman–Crippen MR) is 98.8 cm³/mol. The smallest absolute Gasteiger partial charge is 0.163 e. The number of anilines is 2. The highest BCUT2D eigenvalue weighted by Crippen LogP contribution is 2.28. The summed E-state index contributed by atoms with van der Waals surface area (Å²) in [6.07, 6.45) is 4.86. The van der Waals surface area contributed by atoms with Gasteiger partial charge in [0, 0.05) is 32.9 Å². The molecule has 0 radical (unpaired) electrons. The number of fused-ring (bicyclic) bond motifs is 1. The Labute approximate surface area is 147 Å². The largest absolute Gasteiger partial charge is 0.370 e. The van der Waals surface area contributed by atoms with Crippen molar-refractivity contribution < 1.29 is 0 Å². The summed E-state index contributed by atoms with van der Waals surface area (Å²) in [5.74, 6) is 3.32. The molecule has 0 saturated carbocycles. The number of hydrogen-bond acceptors (Lipinski definition) is 6. The van der Waals surface area contributed by atoms with Gasteiger partial charge < -0.3 is 10.2 Å². The van der Waals surface area contributed by atoms with Crippen molar-refractivity contribution in [2.24, 2.45) is 13.0 Å². The van der Waals surface area contributed by atoms with E-state index in [9.17, 15) is 0 Å². The number of nitrogens with zero attached hydrogens (tertiary/aromatic N) is 6. The fourth-order valence-corrected chi connectivity index (χ4v) is 3.43. The van der Waals surface area contributed by atoms with Crippen molar-refractivity contribution in [1.29, 1.82) is 0 Å². The van der Waals surface area contributed by atoms with Crippen molar-refractivity contribution in [3.63, 3.8) is 0 Å². The minimum atomic E-state index is 0.573. The first-order valence-corrected chi connectivity index (χ1v) is 8.68. The third-order valence-electron chi connectivity index (χ3n) is 4.76. The Morgan fingerprint density at radius 2 is 2.16 bits per heavy atom. The summed E-state index contributed by atoms with van der Waals surface area (Å²) in [4.78, 5) is 15.9. The van der Waals surface area contributed by atoms with E-state index in [1.54, 1.807) is 0 Å². The first-order valence-electron chi connectivity index (χ1n) is 8.68. The first-order chi connectivity index (χ1) is 12.1. The van der Waals surface area contributed by atoms with E-state index >= 15 is 0 Å². The molecule has 25 heavy (non-hydrogen) atoms. The van der Waals surface area contributed by atoms with Crippen molar-refractivity contribution >= 4 is 22.7 Å². The SMILES string of the molecule is Cc1ccnc(NCC2CCN(c3nc(C)nc4c3cnn4C)C2)c1. The lowest BCUT2D eigenvalue weighted by Crippen LogP contribution is -2.24. The van der Waals surface area contributed by atoms with Gasteiger partial charge in [0.05, 0.1) is 11.6 Å². The third-order valence-corrected chi connectivity index (χ3v) is 4.76. The molecule has 1 aliphatic rings. The summed E-state index contributed by atoms with van der Waals surface area (Å²) in [7, 11) is 1.92. The van der Waals surface area contributed by atoms with Crippen LogP contribution in [0.4, 0.5) is 11.6 Å². The summed E-state index contributed by atoms with van der Waals surface area (Å²) in [6, 6.07) is 4.10. The van der Waals surface area contributed by atoms with Gasteiger partial charge in [-0.25, -0.2) is 15.0 Å². The number of nitrogens with one attached hydrogen (secondary N) is 1. The molecule has 0 aliphatic carbocycles. The van der Waals surface area contributed by atoms with E-state index in [2.05, 4.69) is 43.3 Å². The van der Waals surface area contributed by atoms with Crippen molar-refractivity contribution in [2.75, 3.05) is 29.9 Å². The highest BCUT2D eigenvalue weighted by Gasteiger charge is 2.26. The zero-order valence-electron chi connectivity index (χ0n) is 14.9. The zero-order chi connectivity index (χ0) is 17.4. The molecular weight excluding hydrogens is 314 g/mol. The number of aryl methyl sites for hydroxylation is 3. The van der Waals surface area contributed by atoms with Gasteiger partial charge in [0.25, 0.3) is 0 Å². The normalized spacial score (nSPS) is 17.4. The van der Waals surface area contributed by atoms with Crippen LogP contribution >= 0.6 is 0 Å². The molecule has 1 aliphatic heterocycles. The lowest BCUT2D eigenvalue weighted by molar-refractivity contribution is 0.621. The lowest BCUT2D eigenvalue weighted by Gasteiger charge is -2.19. The van der Waals surface area contributed by atoms with E-state index in [0.29, 0.717) is 5.92 Å². The van der Waals surface area contributed by atoms with Crippen molar-refractivity contribution in [1.82, 2.24) is 24.7 Å². The maximum atomic E-state index is 4.69. The van der Waals surface area contributed by atoms with Gasteiger partial charge in [-0.05, 0) is 43.9 Å². The Morgan fingerprint density at radius 1 is 1.28 bits per heavy atom. The molecule has 1 saturated heterocycles. The van der Waals surface area contributed by atoms with Gasteiger partial charge >= 0.3 is 0 Å². The van der Waals surface area contributed by atoms with Gasteiger partial charge in [-0.1, -0.05) is 0 Å². The minimum Gasteiger partial charge on any atom is -0.370 e. The quantitative estimate of drug-likeness (QED) is 0.788. The molecule has 0 aromatic carbocycles. The third kappa shape index (κ3) is 3.14. The summed E-state index contributed by atoms with van der Waals surface area (Å²) in [5.41, 5.74) is 2.12. The second-order valence-corrected chi connectivity index (χ2v) is 6.80. The summed E-state index contributed by atoms with van der Waals surface area (Å²) in [5, 5.41) is 8.83. The second-order valence-electron chi connectivity index (χ2n) is 6.80. The van der Waals surface area contributed by atoms with Crippen LogP contribution in [0.3, 0.4) is 0 Å².